The minimum atomic E-state index is -2.43. The largest absolute Gasteiger partial charge is 0.582 e. The predicted molar refractivity (Wildman–Crippen MR) is 176 cm³/mol. The number of aliphatic hydroxyl groups excluding tert-OH is 2. The molecule has 2 aliphatic heterocycles. The van der Waals surface area contributed by atoms with Crippen LogP contribution in [0, 0.1) is 0 Å². The smallest absolute Gasteiger partial charge is 0.394 e. The van der Waals surface area contributed by atoms with Gasteiger partial charge < -0.3 is 34.9 Å². The number of hydrogen-bond acceptors (Lipinski definition) is 14. The highest BCUT2D eigenvalue weighted by Crippen LogP contribution is 2.43. The third-order valence-electron chi connectivity index (χ3n) is 7.79. The molecule has 0 saturated carbocycles. The van der Waals surface area contributed by atoms with Crippen molar-refractivity contribution >= 4 is 72.7 Å². The van der Waals surface area contributed by atoms with Crippen LogP contribution in [0.3, 0.4) is 0 Å². The Labute approximate surface area is 283 Å². The first-order valence-electron chi connectivity index (χ1n) is 14.4. The van der Waals surface area contributed by atoms with Crippen molar-refractivity contribution < 1.29 is 46.6 Å². The fraction of sp³-hybridized carbons (Fsp3) is 0.462. The molecule has 10 atom stereocenters. The van der Waals surface area contributed by atoms with E-state index < -0.39 is 76.9 Å². The third kappa shape index (κ3) is 7.05. The SMILES string of the molecule is O=[P+](S)O[C@@H]1[C@@H](CO)OC(n2cnc3c(NC/C=C/CNc4ncnc5c4ncn5C4OC(CO)[C@@H](O[P+](=O)S)[C@H]4F)cccc32)[C@@H]1F. The Kier molecular flexibility index (Phi) is 11.2. The number of rotatable bonds is 14. The van der Waals surface area contributed by atoms with Crippen molar-refractivity contribution in [1.82, 2.24) is 29.1 Å². The van der Waals surface area contributed by atoms with E-state index in [-0.39, 0.29) is 5.65 Å². The fourth-order valence-electron chi connectivity index (χ4n) is 5.65. The van der Waals surface area contributed by atoms with Crippen molar-refractivity contribution in [1.29, 1.82) is 0 Å². The van der Waals surface area contributed by atoms with Gasteiger partial charge in [-0.1, -0.05) is 18.2 Å². The zero-order valence-corrected chi connectivity index (χ0v) is 28.2. The minimum absolute atomic E-state index is 0.278. The van der Waals surface area contributed by atoms with Crippen molar-refractivity contribution in [3.8, 4) is 0 Å². The molecule has 4 aromatic rings. The Bertz CT molecular complexity index is 1700. The lowest BCUT2D eigenvalue weighted by Crippen LogP contribution is -2.31. The van der Waals surface area contributed by atoms with E-state index in [1.54, 1.807) is 12.1 Å². The minimum Gasteiger partial charge on any atom is -0.394 e. The highest BCUT2D eigenvalue weighted by atomic mass is 32.7. The number of para-hydroxylation sites is 1. The number of anilines is 2. The summed E-state index contributed by atoms with van der Waals surface area (Å²) in [4.78, 5) is 17.2. The summed E-state index contributed by atoms with van der Waals surface area (Å²) in [5, 5.41) is 25.6. The maximum absolute atomic E-state index is 15.3. The quantitative estimate of drug-likeness (QED) is 0.0621. The van der Waals surface area contributed by atoms with Gasteiger partial charge in [-0.3, -0.25) is 4.57 Å². The summed E-state index contributed by atoms with van der Waals surface area (Å²) in [6, 6.07) is 5.35. The lowest BCUT2D eigenvalue weighted by Gasteiger charge is -2.16. The van der Waals surface area contributed by atoms with E-state index in [2.05, 4.69) is 55.1 Å². The fourth-order valence-corrected chi connectivity index (χ4v) is 7.23. The normalized spacial score (nSPS) is 28.1. The van der Waals surface area contributed by atoms with Gasteiger partial charge in [0.25, 0.3) is 0 Å². The average molecular weight is 747 g/mol. The number of halogens is 2. The maximum Gasteiger partial charge on any atom is 0.582 e. The summed E-state index contributed by atoms with van der Waals surface area (Å²) in [5.74, 6) is 0.391. The molecule has 1 aromatic carbocycles. The first-order valence-corrected chi connectivity index (χ1v) is 19.1. The summed E-state index contributed by atoms with van der Waals surface area (Å²) in [7, 11) is -4.84. The van der Waals surface area contributed by atoms with Crippen molar-refractivity contribution in [3.05, 3.63) is 49.3 Å². The molecule has 5 heterocycles. The number of aromatic nitrogens is 6. The Hall–Kier alpha value is -2.90. The number of alkyl halides is 2. The van der Waals surface area contributed by atoms with Crippen molar-refractivity contribution in [2.45, 2.75) is 49.2 Å². The summed E-state index contributed by atoms with van der Waals surface area (Å²) in [6.07, 6.45) is -2.73. The molecule has 0 radical (unpaired) electrons. The number of nitrogens with one attached hydrogen (secondary N) is 2. The second-order valence-electron chi connectivity index (χ2n) is 10.6. The number of imidazole rings is 2. The van der Waals surface area contributed by atoms with Gasteiger partial charge in [-0.25, -0.2) is 28.7 Å². The van der Waals surface area contributed by atoms with Gasteiger partial charge in [0, 0.05) is 13.1 Å². The summed E-state index contributed by atoms with van der Waals surface area (Å²) in [5.41, 5.74) is 2.46. The van der Waals surface area contributed by atoms with Gasteiger partial charge in [-0.15, -0.1) is 9.05 Å². The Morgan fingerprint density at radius 1 is 0.854 bits per heavy atom. The van der Waals surface area contributed by atoms with Crippen LogP contribution in [0.15, 0.2) is 49.3 Å². The van der Waals surface area contributed by atoms with Crippen LogP contribution < -0.4 is 10.6 Å². The predicted octanol–water partition coefficient (Wildman–Crippen LogP) is 3.66. The molecule has 0 bridgehead atoms. The molecule has 48 heavy (non-hydrogen) atoms. The molecule has 5 unspecified atom stereocenters. The molecule has 0 spiro atoms. The van der Waals surface area contributed by atoms with Crippen molar-refractivity contribution in [2.75, 3.05) is 36.9 Å². The van der Waals surface area contributed by atoms with Gasteiger partial charge in [0.1, 0.15) is 48.5 Å². The average Bonchev–Trinajstić information content (AvgIpc) is 3.83. The van der Waals surface area contributed by atoms with Crippen LogP contribution in [-0.2, 0) is 27.7 Å². The highest BCUT2D eigenvalue weighted by molar-refractivity contribution is 8.39. The first-order chi connectivity index (χ1) is 23.2. The molecule has 256 valence electrons. The van der Waals surface area contributed by atoms with Gasteiger partial charge in [-0.2, -0.15) is 0 Å². The third-order valence-corrected chi connectivity index (χ3v) is 9.21. The standard InChI is InChI=1S/C26H28F2N8O8P2S2/c27-17-21(43-45(39)47)15(8-37)41-25(17)35-11-33-19-13(4-3-5-14(19)35)29-6-1-2-7-30-23-20-24(32-10-31-23)36(12-34-20)26-18(28)22(44-46(40)48)16(9-38)42-26/h1-5,10-12,15-18,21-22,25-26,29,37-38H,6-9H2,(H-2,30,31,32,39,40,47,48)/p+2/b2-1+/t15-,16?,17-,18-,21-,22-,25?,26?/m1/s1. The number of fused-ring (bicyclic) bond motifs is 2. The molecule has 4 N–H and O–H groups in total. The summed E-state index contributed by atoms with van der Waals surface area (Å²) >= 11 is 7.37. The van der Waals surface area contributed by atoms with E-state index in [0.717, 1.165) is 0 Å². The Morgan fingerprint density at radius 3 is 2.06 bits per heavy atom. The van der Waals surface area contributed by atoms with E-state index in [4.69, 9.17) is 18.5 Å². The molecule has 22 heteroatoms. The van der Waals surface area contributed by atoms with Crippen LogP contribution in [-0.4, -0.2) is 102 Å². The molecule has 0 aliphatic carbocycles. The summed E-state index contributed by atoms with van der Waals surface area (Å²) in [6.45, 7) is -0.309. The molecular weight excluding hydrogens is 716 g/mol. The lowest BCUT2D eigenvalue weighted by atomic mass is 10.1. The molecule has 2 aliphatic rings. The number of nitrogens with zero attached hydrogens (tertiary/aromatic N) is 6. The zero-order chi connectivity index (χ0) is 33.9. The second kappa shape index (κ2) is 15.3. The second-order valence-corrected chi connectivity index (χ2v) is 13.9. The van der Waals surface area contributed by atoms with Gasteiger partial charge in [0.15, 0.2) is 54.0 Å². The van der Waals surface area contributed by atoms with Crippen molar-refractivity contribution in [2.24, 2.45) is 0 Å². The van der Waals surface area contributed by atoms with Gasteiger partial charge in [0.2, 0.25) is 0 Å². The number of ether oxygens (including phenoxy) is 2. The van der Waals surface area contributed by atoms with Gasteiger partial charge >= 0.3 is 14.5 Å². The molecule has 2 fully saturated rings. The van der Waals surface area contributed by atoms with Crippen LogP contribution in [0.5, 0.6) is 0 Å². The van der Waals surface area contributed by atoms with E-state index in [9.17, 15) is 19.3 Å². The lowest BCUT2D eigenvalue weighted by molar-refractivity contribution is -0.0427. The van der Waals surface area contributed by atoms with Crippen molar-refractivity contribution in [3.63, 3.8) is 0 Å². The molecule has 0 amide bonds. The molecule has 6 rings (SSSR count). The molecule has 2 saturated heterocycles. The molecule has 16 nitrogen and oxygen atoms in total. The topological polar surface area (TPSA) is 197 Å². The number of benzene rings is 1. The van der Waals surface area contributed by atoms with Gasteiger partial charge in [-0.05, 0) is 21.3 Å². The van der Waals surface area contributed by atoms with E-state index in [1.807, 2.05) is 18.2 Å². The van der Waals surface area contributed by atoms with Crippen LogP contribution in [0.25, 0.3) is 22.2 Å². The number of hydrogen-bond donors (Lipinski definition) is 6. The maximum atomic E-state index is 15.3. The van der Waals surface area contributed by atoms with E-state index >= 15 is 8.78 Å². The molecular formula is C26H30F2N8O8P2S2+2. The Balaban J connectivity index is 1.07. The number of thiol groups is 2. The van der Waals surface area contributed by atoms with E-state index in [0.29, 0.717) is 41.1 Å². The summed E-state index contributed by atoms with van der Waals surface area (Å²) < 4.78 is 77.7. The zero-order valence-electron chi connectivity index (χ0n) is 24.6. The van der Waals surface area contributed by atoms with Crippen LogP contribution in [0.1, 0.15) is 12.5 Å². The van der Waals surface area contributed by atoms with E-state index in [1.165, 1.54) is 28.1 Å². The first kappa shape index (κ1) is 34.9. The van der Waals surface area contributed by atoms with Crippen LogP contribution >= 0.6 is 39.0 Å². The highest BCUT2D eigenvalue weighted by Gasteiger charge is 2.52. The Morgan fingerprint density at radius 2 is 1.44 bits per heavy atom. The number of aliphatic hydroxyl groups is 2. The van der Waals surface area contributed by atoms with Gasteiger partial charge in [0.05, 0.1) is 37.1 Å². The monoisotopic (exact) mass is 746 g/mol. The van der Waals surface area contributed by atoms with Crippen LogP contribution in [0.4, 0.5) is 20.3 Å². The van der Waals surface area contributed by atoms with Crippen LogP contribution in [0.2, 0.25) is 0 Å². The molecule has 3 aromatic heterocycles.